The van der Waals surface area contributed by atoms with Gasteiger partial charge in [-0.05, 0) is 12.5 Å². The molecule has 1 unspecified atom stereocenters. The topological polar surface area (TPSA) is 58.6 Å². The van der Waals surface area contributed by atoms with Gasteiger partial charge in [-0.1, -0.05) is 6.92 Å². The van der Waals surface area contributed by atoms with Crippen LogP contribution in [0, 0.1) is 0 Å². The van der Waals surface area contributed by atoms with Gasteiger partial charge in [-0.25, -0.2) is 4.79 Å². The van der Waals surface area contributed by atoms with E-state index in [0.29, 0.717) is 24.8 Å². The number of hydrogen-bond donors (Lipinski definition) is 2. The largest absolute Gasteiger partial charge is 0.478 e. The second-order valence-electron chi connectivity index (χ2n) is 3.55. The number of hydrogen-bond acceptors (Lipinski definition) is 4. The van der Waals surface area contributed by atoms with E-state index < -0.39 is 5.97 Å². The third kappa shape index (κ3) is 3.92. The van der Waals surface area contributed by atoms with Crippen molar-refractivity contribution in [2.24, 2.45) is 0 Å². The van der Waals surface area contributed by atoms with E-state index >= 15 is 0 Å². The van der Waals surface area contributed by atoms with Crippen molar-refractivity contribution in [3.8, 4) is 0 Å². The lowest BCUT2D eigenvalue weighted by Gasteiger charge is -2.14. The maximum Gasteiger partial charge on any atom is 0.336 e. The third-order valence-electron chi connectivity index (χ3n) is 2.33. The molecule has 0 saturated heterocycles. The van der Waals surface area contributed by atoms with E-state index in [0.717, 1.165) is 11.3 Å². The monoisotopic (exact) mass is 243 g/mol. The predicted octanol–water partition coefficient (Wildman–Crippen LogP) is 1.96. The highest BCUT2D eigenvalue weighted by Gasteiger charge is 2.08. The first-order chi connectivity index (χ1) is 7.67. The minimum Gasteiger partial charge on any atom is -0.478 e. The number of rotatable bonds is 7. The Hall–Kier alpha value is -0.910. The Morgan fingerprint density at radius 2 is 2.44 bits per heavy atom. The van der Waals surface area contributed by atoms with E-state index in [4.69, 9.17) is 9.84 Å². The fourth-order valence-electron chi connectivity index (χ4n) is 1.35. The van der Waals surface area contributed by atoms with Crippen LogP contribution in [0.5, 0.6) is 0 Å². The van der Waals surface area contributed by atoms with Crippen molar-refractivity contribution < 1.29 is 14.6 Å². The standard InChI is InChI=1S/C11H17NO3S/c1-3-9(6-15-2)12-5-10-4-8(7-16-10)11(13)14/h4,7,9,12H,3,5-6H2,1-2H3,(H,13,14). The van der Waals surface area contributed by atoms with Gasteiger partial charge in [0.05, 0.1) is 12.2 Å². The molecule has 0 aliphatic rings. The first-order valence-electron chi connectivity index (χ1n) is 5.20. The van der Waals surface area contributed by atoms with E-state index in [1.165, 1.54) is 11.3 Å². The SMILES string of the molecule is CCC(COC)NCc1cc(C(=O)O)cs1. The zero-order chi connectivity index (χ0) is 12.0. The summed E-state index contributed by atoms with van der Waals surface area (Å²) in [5.41, 5.74) is 0.363. The quantitative estimate of drug-likeness (QED) is 0.768. The number of carboxylic acids is 1. The van der Waals surface area contributed by atoms with Gasteiger partial charge in [0.2, 0.25) is 0 Å². The number of ether oxygens (including phenoxy) is 1. The van der Waals surface area contributed by atoms with Crippen molar-refractivity contribution in [2.45, 2.75) is 25.9 Å². The zero-order valence-corrected chi connectivity index (χ0v) is 10.3. The Labute approximate surface area is 99.2 Å². The van der Waals surface area contributed by atoms with Crippen LogP contribution in [0.2, 0.25) is 0 Å². The first-order valence-corrected chi connectivity index (χ1v) is 6.08. The molecule has 1 heterocycles. The van der Waals surface area contributed by atoms with Crippen molar-refractivity contribution >= 4 is 17.3 Å². The van der Waals surface area contributed by atoms with Crippen LogP contribution in [0.1, 0.15) is 28.6 Å². The van der Waals surface area contributed by atoms with Crippen molar-refractivity contribution in [1.29, 1.82) is 0 Å². The molecule has 0 aliphatic heterocycles. The molecular formula is C11H17NO3S. The zero-order valence-electron chi connectivity index (χ0n) is 9.53. The number of aromatic carboxylic acids is 1. The van der Waals surface area contributed by atoms with Crippen LogP contribution in [0.3, 0.4) is 0 Å². The van der Waals surface area contributed by atoms with Crippen molar-refractivity contribution in [1.82, 2.24) is 5.32 Å². The Kier molecular flexibility index (Phi) is 5.45. The van der Waals surface area contributed by atoms with Gasteiger partial charge in [0.1, 0.15) is 0 Å². The Bertz CT molecular complexity index is 338. The van der Waals surface area contributed by atoms with E-state index in [2.05, 4.69) is 12.2 Å². The number of nitrogens with one attached hydrogen (secondary N) is 1. The van der Waals surface area contributed by atoms with Gasteiger partial charge in [-0.15, -0.1) is 11.3 Å². The summed E-state index contributed by atoms with van der Waals surface area (Å²) >= 11 is 1.46. The Balaban J connectivity index is 2.44. The minimum absolute atomic E-state index is 0.320. The molecule has 4 nitrogen and oxygen atoms in total. The van der Waals surface area contributed by atoms with Crippen molar-refractivity contribution in [3.05, 3.63) is 21.9 Å². The van der Waals surface area contributed by atoms with Gasteiger partial charge >= 0.3 is 5.97 Å². The Morgan fingerprint density at radius 3 is 2.94 bits per heavy atom. The van der Waals surface area contributed by atoms with Crippen LogP contribution in [0.25, 0.3) is 0 Å². The van der Waals surface area contributed by atoms with Gasteiger partial charge < -0.3 is 15.2 Å². The molecule has 0 aromatic carbocycles. The van der Waals surface area contributed by atoms with Gasteiger partial charge in [-0.3, -0.25) is 0 Å². The van der Waals surface area contributed by atoms with Crippen LogP contribution in [-0.2, 0) is 11.3 Å². The molecule has 0 fully saturated rings. The molecule has 0 spiro atoms. The molecule has 0 saturated carbocycles. The average molecular weight is 243 g/mol. The second-order valence-corrected chi connectivity index (χ2v) is 4.54. The van der Waals surface area contributed by atoms with Gasteiger partial charge in [-0.2, -0.15) is 0 Å². The lowest BCUT2D eigenvalue weighted by Crippen LogP contribution is -2.31. The molecule has 1 aromatic rings. The van der Waals surface area contributed by atoms with Crippen LogP contribution in [0.15, 0.2) is 11.4 Å². The predicted molar refractivity (Wildman–Crippen MR) is 64.1 cm³/mol. The van der Waals surface area contributed by atoms with Crippen molar-refractivity contribution in [2.75, 3.05) is 13.7 Å². The molecule has 16 heavy (non-hydrogen) atoms. The summed E-state index contributed by atoms with van der Waals surface area (Å²) in [4.78, 5) is 11.7. The summed E-state index contributed by atoms with van der Waals surface area (Å²) < 4.78 is 5.07. The molecule has 5 heteroatoms. The van der Waals surface area contributed by atoms with E-state index in [1.807, 2.05) is 0 Å². The maximum atomic E-state index is 10.7. The highest BCUT2D eigenvalue weighted by molar-refractivity contribution is 7.10. The highest BCUT2D eigenvalue weighted by atomic mass is 32.1. The Morgan fingerprint density at radius 1 is 1.69 bits per heavy atom. The molecule has 1 rings (SSSR count). The molecule has 0 amide bonds. The molecule has 0 radical (unpaired) electrons. The normalized spacial score (nSPS) is 12.6. The maximum absolute atomic E-state index is 10.7. The number of carboxylic acid groups (broad SMARTS) is 1. The number of methoxy groups -OCH3 is 1. The van der Waals surface area contributed by atoms with Crippen LogP contribution in [-0.4, -0.2) is 30.8 Å². The lowest BCUT2D eigenvalue weighted by molar-refractivity contribution is 0.0697. The average Bonchev–Trinajstić information content (AvgIpc) is 2.73. The molecule has 1 atom stereocenters. The highest BCUT2D eigenvalue weighted by Crippen LogP contribution is 2.14. The summed E-state index contributed by atoms with van der Waals surface area (Å²) in [5.74, 6) is -0.869. The molecule has 0 aliphatic carbocycles. The van der Waals surface area contributed by atoms with E-state index in [9.17, 15) is 4.79 Å². The molecule has 2 N–H and O–H groups in total. The summed E-state index contributed by atoms with van der Waals surface area (Å²) in [7, 11) is 1.68. The summed E-state index contributed by atoms with van der Waals surface area (Å²) in [6.45, 7) is 3.46. The van der Waals surface area contributed by atoms with Crippen LogP contribution in [0.4, 0.5) is 0 Å². The van der Waals surface area contributed by atoms with Crippen LogP contribution >= 0.6 is 11.3 Å². The third-order valence-corrected chi connectivity index (χ3v) is 3.26. The minimum atomic E-state index is -0.869. The summed E-state index contributed by atoms with van der Waals surface area (Å²) in [6.07, 6.45) is 0.991. The molecule has 90 valence electrons. The first kappa shape index (κ1) is 13.2. The fourth-order valence-corrected chi connectivity index (χ4v) is 2.16. The second kappa shape index (κ2) is 6.62. The number of thiophene rings is 1. The summed E-state index contributed by atoms with van der Waals surface area (Å²) in [6, 6.07) is 2.03. The molecular weight excluding hydrogens is 226 g/mol. The smallest absolute Gasteiger partial charge is 0.336 e. The van der Waals surface area contributed by atoms with Crippen LogP contribution < -0.4 is 5.32 Å². The molecule has 1 aromatic heterocycles. The summed E-state index contributed by atoms with van der Waals surface area (Å²) in [5, 5.41) is 13.8. The molecule has 0 bridgehead atoms. The van der Waals surface area contributed by atoms with E-state index in [1.54, 1.807) is 18.6 Å². The van der Waals surface area contributed by atoms with Gasteiger partial charge in [0.25, 0.3) is 0 Å². The lowest BCUT2D eigenvalue weighted by atomic mass is 10.2. The number of carbonyl (C=O) groups is 1. The van der Waals surface area contributed by atoms with Crippen molar-refractivity contribution in [3.63, 3.8) is 0 Å². The van der Waals surface area contributed by atoms with Gasteiger partial charge in [0, 0.05) is 30.0 Å². The van der Waals surface area contributed by atoms with Gasteiger partial charge in [0.15, 0.2) is 0 Å². The van der Waals surface area contributed by atoms with E-state index in [-0.39, 0.29) is 0 Å². The fraction of sp³-hybridized carbons (Fsp3) is 0.545.